The minimum atomic E-state index is -1.02. The van der Waals surface area contributed by atoms with Gasteiger partial charge in [-0.15, -0.1) is 0 Å². The first-order valence-electron chi connectivity index (χ1n) is 7.50. The maximum absolute atomic E-state index is 12.3. The molecule has 0 aliphatic heterocycles. The van der Waals surface area contributed by atoms with E-state index in [1.807, 2.05) is 32.0 Å². The molecule has 6 nitrogen and oxygen atoms in total. The molecule has 2 aromatic carbocycles. The molecule has 0 bridgehead atoms. The van der Waals surface area contributed by atoms with Gasteiger partial charge in [0, 0.05) is 17.6 Å². The summed E-state index contributed by atoms with van der Waals surface area (Å²) in [4.78, 5) is 23.1. The summed E-state index contributed by atoms with van der Waals surface area (Å²) in [7, 11) is 0. The molecule has 6 heteroatoms. The molecule has 3 N–H and O–H groups in total. The fourth-order valence-corrected chi connectivity index (χ4v) is 2.09. The van der Waals surface area contributed by atoms with Crippen molar-refractivity contribution < 1.29 is 14.7 Å². The van der Waals surface area contributed by atoms with Crippen LogP contribution in [0.3, 0.4) is 0 Å². The predicted octanol–water partition coefficient (Wildman–Crippen LogP) is 3.46. The molecule has 126 valence electrons. The molecule has 2 rings (SSSR count). The first kappa shape index (κ1) is 17.8. The first-order chi connectivity index (χ1) is 11.9. The summed E-state index contributed by atoms with van der Waals surface area (Å²) in [6, 6.07) is 13.4. The number of amides is 1. The average molecular weight is 335 g/mol. The van der Waals surface area contributed by atoms with Crippen LogP contribution in [0.15, 0.2) is 54.2 Å². The summed E-state index contributed by atoms with van der Waals surface area (Å²) in [5.74, 6) is -1.54. The number of aryl methyl sites for hydroxylation is 1. The fraction of sp³-hybridized carbons (Fsp3) is 0.105. The van der Waals surface area contributed by atoms with Crippen molar-refractivity contribution in [3.63, 3.8) is 0 Å². The van der Waals surface area contributed by atoms with Crippen LogP contribution in [0.4, 0.5) is 11.4 Å². The lowest BCUT2D eigenvalue weighted by Gasteiger charge is -2.10. The maximum Gasteiger partial charge on any atom is 0.335 e. The van der Waals surface area contributed by atoms with Crippen LogP contribution >= 0.6 is 0 Å². The number of carbonyl (C=O) groups is 2. The second kappa shape index (κ2) is 7.79. The molecule has 0 heterocycles. The maximum atomic E-state index is 12.3. The van der Waals surface area contributed by atoms with Gasteiger partial charge >= 0.3 is 5.97 Å². The van der Waals surface area contributed by atoms with E-state index in [0.29, 0.717) is 11.4 Å². The summed E-state index contributed by atoms with van der Waals surface area (Å²) in [5, 5.41) is 23.6. The molecule has 0 radical (unpaired) electrons. The summed E-state index contributed by atoms with van der Waals surface area (Å²) in [5.41, 5.74) is 3.25. The van der Waals surface area contributed by atoms with Crippen molar-refractivity contribution in [1.82, 2.24) is 0 Å². The predicted molar refractivity (Wildman–Crippen MR) is 95.3 cm³/mol. The number of nitriles is 1. The van der Waals surface area contributed by atoms with Crippen molar-refractivity contribution in [3.05, 3.63) is 70.9 Å². The van der Waals surface area contributed by atoms with Gasteiger partial charge in [-0.3, -0.25) is 4.79 Å². The zero-order valence-corrected chi connectivity index (χ0v) is 13.8. The number of benzene rings is 2. The molecular formula is C19H17N3O3. The van der Waals surface area contributed by atoms with E-state index in [1.165, 1.54) is 18.3 Å². The Morgan fingerprint density at radius 1 is 1.12 bits per heavy atom. The molecule has 1 amide bonds. The van der Waals surface area contributed by atoms with Gasteiger partial charge in [-0.2, -0.15) is 5.26 Å². The van der Waals surface area contributed by atoms with E-state index < -0.39 is 11.9 Å². The second-order valence-electron chi connectivity index (χ2n) is 5.40. The summed E-state index contributed by atoms with van der Waals surface area (Å²) < 4.78 is 0. The van der Waals surface area contributed by atoms with Gasteiger partial charge in [0.25, 0.3) is 5.91 Å². The lowest BCUT2D eigenvalue weighted by Crippen LogP contribution is -2.15. The molecule has 0 aliphatic carbocycles. The van der Waals surface area contributed by atoms with Crippen molar-refractivity contribution in [2.24, 2.45) is 0 Å². The van der Waals surface area contributed by atoms with Crippen LogP contribution in [-0.4, -0.2) is 17.0 Å². The van der Waals surface area contributed by atoms with Crippen molar-refractivity contribution in [3.8, 4) is 6.07 Å². The molecule has 25 heavy (non-hydrogen) atoms. The lowest BCUT2D eigenvalue weighted by molar-refractivity contribution is -0.112. The van der Waals surface area contributed by atoms with Gasteiger partial charge in [-0.1, -0.05) is 12.1 Å². The van der Waals surface area contributed by atoms with Crippen molar-refractivity contribution in [2.75, 3.05) is 10.6 Å². The molecule has 0 aromatic heterocycles. The van der Waals surface area contributed by atoms with Crippen molar-refractivity contribution in [2.45, 2.75) is 13.8 Å². The van der Waals surface area contributed by atoms with E-state index in [2.05, 4.69) is 10.6 Å². The SMILES string of the molecule is Cc1cccc(NC(=O)/C(C#N)=C\Nc2ccc(C(=O)O)cc2)c1C. The second-order valence-corrected chi connectivity index (χ2v) is 5.40. The largest absolute Gasteiger partial charge is 0.478 e. The Labute approximate surface area is 145 Å². The van der Waals surface area contributed by atoms with Crippen LogP contribution in [0.1, 0.15) is 21.5 Å². The van der Waals surface area contributed by atoms with E-state index in [1.54, 1.807) is 18.2 Å². The van der Waals surface area contributed by atoms with E-state index in [9.17, 15) is 14.9 Å². The smallest absolute Gasteiger partial charge is 0.335 e. The van der Waals surface area contributed by atoms with Crippen molar-refractivity contribution in [1.29, 1.82) is 5.26 Å². The zero-order valence-electron chi connectivity index (χ0n) is 13.8. The molecule has 0 fully saturated rings. The fourth-order valence-electron chi connectivity index (χ4n) is 2.09. The van der Waals surface area contributed by atoms with Gasteiger partial charge in [-0.25, -0.2) is 4.79 Å². The molecule has 0 aliphatic rings. The summed E-state index contributed by atoms with van der Waals surface area (Å²) in [6.45, 7) is 3.83. The van der Waals surface area contributed by atoms with Gasteiger partial charge in [0.1, 0.15) is 11.6 Å². The number of carbonyl (C=O) groups excluding carboxylic acids is 1. The Morgan fingerprint density at radius 3 is 2.40 bits per heavy atom. The van der Waals surface area contributed by atoms with Crippen LogP contribution in [0.2, 0.25) is 0 Å². The summed E-state index contributed by atoms with van der Waals surface area (Å²) >= 11 is 0. The number of anilines is 2. The Hall–Kier alpha value is -3.59. The van der Waals surface area contributed by atoms with Gasteiger partial charge < -0.3 is 15.7 Å². The minimum Gasteiger partial charge on any atom is -0.478 e. The number of carboxylic acid groups (broad SMARTS) is 1. The Bertz CT molecular complexity index is 878. The monoisotopic (exact) mass is 335 g/mol. The topological polar surface area (TPSA) is 102 Å². The van der Waals surface area contributed by atoms with Crippen LogP contribution in [0, 0.1) is 25.2 Å². The van der Waals surface area contributed by atoms with E-state index in [4.69, 9.17) is 5.11 Å². The highest BCUT2D eigenvalue weighted by Crippen LogP contribution is 2.18. The highest BCUT2D eigenvalue weighted by atomic mass is 16.4. The normalized spacial score (nSPS) is 10.7. The first-order valence-corrected chi connectivity index (χ1v) is 7.50. The molecule has 0 saturated heterocycles. The number of nitrogens with zero attached hydrogens (tertiary/aromatic N) is 1. The quantitative estimate of drug-likeness (QED) is 0.573. The highest BCUT2D eigenvalue weighted by molar-refractivity contribution is 6.07. The third-order valence-electron chi connectivity index (χ3n) is 3.73. The number of carboxylic acids is 1. The van der Waals surface area contributed by atoms with Gasteiger partial charge in [0.2, 0.25) is 0 Å². The number of hydrogen-bond acceptors (Lipinski definition) is 4. The van der Waals surface area contributed by atoms with Crippen LogP contribution < -0.4 is 10.6 Å². The third kappa shape index (κ3) is 4.45. The van der Waals surface area contributed by atoms with Gasteiger partial charge in [0.15, 0.2) is 0 Å². The summed E-state index contributed by atoms with van der Waals surface area (Å²) in [6.07, 6.45) is 1.29. The molecule has 0 saturated carbocycles. The third-order valence-corrected chi connectivity index (χ3v) is 3.73. The molecule has 0 spiro atoms. The average Bonchev–Trinajstić information content (AvgIpc) is 2.60. The van der Waals surface area contributed by atoms with E-state index in [0.717, 1.165) is 11.1 Å². The minimum absolute atomic E-state index is 0.0942. The highest BCUT2D eigenvalue weighted by Gasteiger charge is 2.11. The van der Waals surface area contributed by atoms with E-state index >= 15 is 0 Å². The lowest BCUT2D eigenvalue weighted by atomic mass is 10.1. The zero-order chi connectivity index (χ0) is 18.4. The van der Waals surface area contributed by atoms with Gasteiger partial charge in [-0.05, 0) is 55.3 Å². The Balaban J connectivity index is 2.11. The number of hydrogen-bond donors (Lipinski definition) is 3. The van der Waals surface area contributed by atoms with Crippen LogP contribution in [0.5, 0.6) is 0 Å². The molecule has 2 aromatic rings. The Kier molecular flexibility index (Phi) is 5.54. The Morgan fingerprint density at radius 2 is 1.80 bits per heavy atom. The van der Waals surface area contributed by atoms with Crippen LogP contribution in [-0.2, 0) is 4.79 Å². The molecule has 0 unspecified atom stereocenters. The number of aromatic carboxylic acids is 1. The molecule has 0 atom stereocenters. The van der Waals surface area contributed by atoms with Crippen LogP contribution in [0.25, 0.3) is 0 Å². The van der Waals surface area contributed by atoms with E-state index in [-0.39, 0.29) is 11.1 Å². The molecular weight excluding hydrogens is 318 g/mol. The van der Waals surface area contributed by atoms with Gasteiger partial charge in [0.05, 0.1) is 5.56 Å². The van der Waals surface area contributed by atoms with Crippen molar-refractivity contribution >= 4 is 23.3 Å². The number of rotatable bonds is 5. The standard InChI is InChI=1S/C19H17N3O3/c1-12-4-3-5-17(13(12)2)22-18(23)15(10-20)11-21-16-8-6-14(7-9-16)19(24)25/h3-9,11,21H,1-2H3,(H,22,23)(H,24,25)/b15-11-. The number of nitrogens with one attached hydrogen (secondary N) is 2.